The van der Waals surface area contributed by atoms with Crippen LogP contribution in [-0.2, 0) is 11.2 Å². The molecule has 0 bridgehead atoms. The first kappa shape index (κ1) is 26.1. The molecule has 2 N–H and O–H groups in total. The Bertz CT molecular complexity index is 575. The molecular weight excluding hydrogens is 498 g/mol. The highest BCUT2D eigenvalue weighted by Crippen LogP contribution is 2.22. The molecule has 0 saturated carbocycles. The van der Waals surface area contributed by atoms with Crippen LogP contribution in [0.2, 0.25) is 5.02 Å². The van der Waals surface area contributed by atoms with Gasteiger partial charge >= 0.3 is 6.18 Å². The molecular formula is C17H26ClF3IN3O2. The monoisotopic (exact) mass is 523 g/mol. The van der Waals surface area contributed by atoms with E-state index in [1.807, 2.05) is 19.1 Å². The molecule has 0 fully saturated rings. The average molecular weight is 524 g/mol. The summed E-state index contributed by atoms with van der Waals surface area (Å²) < 4.78 is 45.5. The van der Waals surface area contributed by atoms with Gasteiger partial charge in [0.2, 0.25) is 0 Å². The third-order valence-electron chi connectivity index (χ3n) is 3.27. The number of guanidine groups is 1. The molecule has 1 aromatic carbocycles. The number of hydrogen-bond acceptors (Lipinski definition) is 3. The van der Waals surface area contributed by atoms with E-state index in [2.05, 4.69) is 20.4 Å². The summed E-state index contributed by atoms with van der Waals surface area (Å²) in [7, 11) is 1.58. The smallest absolute Gasteiger partial charge is 0.411 e. The first-order valence-corrected chi connectivity index (χ1v) is 8.72. The summed E-state index contributed by atoms with van der Waals surface area (Å²) in [5.41, 5.74) is 0.983. The van der Waals surface area contributed by atoms with E-state index in [-0.39, 0.29) is 30.6 Å². The molecule has 0 aliphatic carbocycles. The van der Waals surface area contributed by atoms with Crippen molar-refractivity contribution in [3.63, 3.8) is 0 Å². The number of halogens is 5. The summed E-state index contributed by atoms with van der Waals surface area (Å²) in [6, 6.07) is 5.52. The maximum absolute atomic E-state index is 12.0. The van der Waals surface area contributed by atoms with E-state index in [0.29, 0.717) is 49.2 Å². The number of rotatable bonds is 10. The minimum Gasteiger partial charge on any atom is -0.497 e. The maximum atomic E-state index is 12.0. The minimum absolute atomic E-state index is 0. The van der Waals surface area contributed by atoms with Gasteiger partial charge in [-0.3, -0.25) is 4.99 Å². The Hall–Kier alpha value is -0.940. The number of hydrogen-bond donors (Lipinski definition) is 2. The molecule has 0 amide bonds. The van der Waals surface area contributed by atoms with E-state index in [4.69, 9.17) is 16.3 Å². The molecule has 27 heavy (non-hydrogen) atoms. The minimum atomic E-state index is -4.29. The van der Waals surface area contributed by atoms with Crippen LogP contribution >= 0.6 is 35.6 Å². The molecule has 10 heteroatoms. The van der Waals surface area contributed by atoms with Crippen molar-refractivity contribution in [2.24, 2.45) is 4.99 Å². The van der Waals surface area contributed by atoms with Crippen LogP contribution in [-0.4, -0.2) is 52.1 Å². The van der Waals surface area contributed by atoms with Gasteiger partial charge in [0.05, 0.1) is 7.11 Å². The first-order valence-electron chi connectivity index (χ1n) is 8.34. The summed E-state index contributed by atoms with van der Waals surface area (Å²) in [6.45, 7) is 2.39. The van der Waals surface area contributed by atoms with Crippen LogP contribution in [0.5, 0.6) is 5.75 Å². The molecule has 0 aromatic heterocycles. The lowest BCUT2D eigenvalue weighted by Crippen LogP contribution is -2.38. The highest BCUT2D eigenvalue weighted by molar-refractivity contribution is 14.0. The second kappa shape index (κ2) is 14.1. The lowest BCUT2D eigenvalue weighted by atomic mass is 10.1. The van der Waals surface area contributed by atoms with Gasteiger partial charge in [-0.05, 0) is 37.5 Å². The van der Waals surface area contributed by atoms with Gasteiger partial charge in [-0.1, -0.05) is 17.7 Å². The van der Waals surface area contributed by atoms with E-state index in [9.17, 15) is 13.2 Å². The van der Waals surface area contributed by atoms with Crippen LogP contribution in [0.1, 0.15) is 18.9 Å². The van der Waals surface area contributed by atoms with Gasteiger partial charge < -0.3 is 20.1 Å². The van der Waals surface area contributed by atoms with E-state index in [0.717, 1.165) is 5.56 Å². The van der Waals surface area contributed by atoms with Crippen molar-refractivity contribution >= 4 is 41.5 Å². The molecule has 5 nitrogen and oxygen atoms in total. The van der Waals surface area contributed by atoms with Crippen LogP contribution in [0.25, 0.3) is 0 Å². The quantitative estimate of drug-likeness (QED) is 0.210. The Morgan fingerprint density at radius 1 is 1.26 bits per heavy atom. The van der Waals surface area contributed by atoms with Crippen molar-refractivity contribution in [3.8, 4) is 5.75 Å². The first-order chi connectivity index (χ1) is 12.4. The standard InChI is InChI=1S/C17H25ClF3N3O2.HI/c1-3-22-16(23-8-4-10-26-12-17(19,20)21)24-9-7-13-5-6-14(25-2)11-15(13)18;/h5-6,11H,3-4,7-10,12H2,1-2H3,(H2,22,23,24);1H. The number of ether oxygens (including phenoxy) is 2. The molecule has 0 saturated heterocycles. The van der Waals surface area contributed by atoms with Gasteiger partial charge in [0, 0.05) is 31.3 Å². The van der Waals surface area contributed by atoms with Crippen molar-refractivity contribution in [1.82, 2.24) is 10.6 Å². The topological polar surface area (TPSA) is 54.9 Å². The van der Waals surface area contributed by atoms with Crippen molar-refractivity contribution in [3.05, 3.63) is 28.8 Å². The van der Waals surface area contributed by atoms with Gasteiger partial charge in [0.1, 0.15) is 12.4 Å². The van der Waals surface area contributed by atoms with Gasteiger partial charge in [0.15, 0.2) is 5.96 Å². The number of alkyl halides is 3. The normalized spacial score (nSPS) is 11.7. The maximum Gasteiger partial charge on any atom is 0.411 e. The average Bonchev–Trinajstić information content (AvgIpc) is 2.58. The Kier molecular flexibility index (Phi) is 13.6. The number of nitrogens with zero attached hydrogens (tertiary/aromatic N) is 1. The zero-order valence-corrected chi connectivity index (χ0v) is 18.5. The molecule has 0 aliphatic heterocycles. The van der Waals surface area contributed by atoms with Crippen LogP contribution in [0.3, 0.4) is 0 Å². The lowest BCUT2D eigenvalue weighted by molar-refractivity contribution is -0.173. The van der Waals surface area contributed by atoms with Crippen LogP contribution in [0, 0.1) is 0 Å². The number of aliphatic imine (C=N–C) groups is 1. The Labute approximate surface area is 180 Å². The number of methoxy groups -OCH3 is 1. The number of benzene rings is 1. The van der Waals surface area contributed by atoms with Gasteiger partial charge in [-0.15, -0.1) is 24.0 Å². The summed E-state index contributed by atoms with van der Waals surface area (Å²) >= 11 is 6.20. The van der Waals surface area contributed by atoms with Gasteiger partial charge in [-0.25, -0.2) is 0 Å². The van der Waals surface area contributed by atoms with Gasteiger partial charge in [0.25, 0.3) is 0 Å². The molecule has 156 valence electrons. The van der Waals surface area contributed by atoms with Crippen molar-refractivity contribution in [1.29, 1.82) is 0 Å². The van der Waals surface area contributed by atoms with E-state index in [1.165, 1.54) is 0 Å². The molecule has 0 atom stereocenters. The molecule has 0 radical (unpaired) electrons. The van der Waals surface area contributed by atoms with Crippen molar-refractivity contribution in [2.45, 2.75) is 25.9 Å². The lowest BCUT2D eigenvalue weighted by Gasteiger charge is -2.12. The van der Waals surface area contributed by atoms with E-state index >= 15 is 0 Å². The number of nitrogens with one attached hydrogen (secondary N) is 2. The highest BCUT2D eigenvalue weighted by atomic mass is 127. The van der Waals surface area contributed by atoms with Crippen LogP contribution < -0.4 is 15.4 Å². The Morgan fingerprint density at radius 2 is 2.00 bits per heavy atom. The summed E-state index contributed by atoms with van der Waals surface area (Å²) in [4.78, 5) is 4.31. The summed E-state index contributed by atoms with van der Waals surface area (Å²) in [6.07, 6.45) is -3.18. The second-order valence-electron chi connectivity index (χ2n) is 5.42. The van der Waals surface area contributed by atoms with E-state index in [1.54, 1.807) is 13.2 Å². The fourth-order valence-corrected chi connectivity index (χ4v) is 2.33. The predicted molar refractivity (Wildman–Crippen MR) is 113 cm³/mol. The molecule has 0 aliphatic rings. The third kappa shape index (κ3) is 12.2. The Morgan fingerprint density at radius 3 is 2.59 bits per heavy atom. The molecule has 0 heterocycles. The van der Waals surface area contributed by atoms with Gasteiger partial charge in [-0.2, -0.15) is 13.2 Å². The fourth-order valence-electron chi connectivity index (χ4n) is 2.06. The molecule has 0 unspecified atom stereocenters. The van der Waals surface area contributed by atoms with Crippen molar-refractivity contribution < 1.29 is 22.6 Å². The highest BCUT2D eigenvalue weighted by Gasteiger charge is 2.27. The fraction of sp³-hybridized carbons (Fsp3) is 0.588. The zero-order chi connectivity index (χ0) is 19.4. The predicted octanol–water partition coefficient (Wildman–Crippen LogP) is 4.03. The zero-order valence-electron chi connectivity index (χ0n) is 15.4. The molecule has 0 spiro atoms. The molecule has 1 aromatic rings. The SMILES string of the molecule is CCNC(=NCCCOCC(F)(F)F)NCCc1ccc(OC)cc1Cl.I. The van der Waals surface area contributed by atoms with E-state index < -0.39 is 12.8 Å². The van der Waals surface area contributed by atoms with Crippen molar-refractivity contribution in [2.75, 3.05) is 40.0 Å². The third-order valence-corrected chi connectivity index (χ3v) is 3.63. The largest absolute Gasteiger partial charge is 0.497 e. The van der Waals surface area contributed by atoms with Crippen LogP contribution in [0.15, 0.2) is 23.2 Å². The second-order valence-corrected chi connectivity index (χ2v) is 5.82. The Balaban J connectivity index is 0.00000676. The summed E-state index contributed by atoms with van der Waals surface area (Å²) in [5.74, 6) is 1.31. The summed E-state index contributed by atoms with van der Waals surface area (Å²) in [5, 5.41) is 6.88. The van der Waals surface area contributed by atoms with Crippen LogP contribution in [0.4, 0.5) is 13.2 Å². The molecule has 1 rings (SSSR count).